The number of phenolic OH excluding ortho intramolecular Hbond substituents is 1. The van der Waals surface area contributed by atoms with Gasteiger partial charge in [0, 0.05) is 11.0 Å². The second-order valence-corrected chi connectivity index (χ2v) is 9.92. The number of aromatic nitrogens is 1. The highest BCUT2D eigenvalue weighted by Gasteiger charge is 2.42. The molecule has 2 aromatic rings. The average molecular weight is 339 g/mol. The minimum Gasteiger partial charge on any atom is -0.508 e. The zero-order valence-corrected chi connectivity index (χ0v) is 13.8. The molecule has 8 heteroatoms. The van der Waals surface area contributed by atoms with Crippen LogP contribution in [0.25, 0.3) is 10.2 Å². The molecule has 0 fully saturated rings. The molecule has 1 unspecified atom stereocenters. The van der Waals surface area contributed by atoms with Crippen LogP contribution in [0.5, 0.6) is 5.75 Å². The highest BCUT2D eigenvalue weighted by Crippen LogP contribution is 2.53. The fourth-order valence-corrected chi connectivity index (χ4v) is 6.29. The predicted octanol–water partition coefficient (Wildman–Crippen LogP) is 2.30. The first kappa shape index (κ1) is 15.3. The van der Waals surface area contributed by atoms with E-state index in [4.69, 9.17) is 5.14 Å². The van der Waals surface area contributed by atoms with E-state index in [1.165, 1.54) is 11.3 Å². The Hall–Kier alpha value is -1.64. The second kappa shape index (κ2) is 5.22. The van der Waals surface area contributed by atoms with E-state index in [1.54, 1.807) is 18.2 Å². The number of hydrogen-bond acceptors (Lipinski definition) is 6. The van der Waals surface area contributed by atoms with Crippen LogP contribution in [0.15, 0.2) is 23.2 Å². The van der Waals surface area contributed by atoms with Gasteiger partial charge in [-0.15, -0.1) is 21.6 Å². The molecule has 0 aliphatic carbocycles. The maximum absolute atomic E-state index is 11.3. The molecule has 1 aromatic heterocycles. The topological polar surface area (TPSA) is 109 Å². The van der Waals surface area contributed by atoms with Crippen molar-refractivity contribution in [1.82, 2.24) is 4.98 Å². The molecule has 1 aliphatic rings. The number of carboxylic acid groups (broad SMARTS) is 1. The molecule has 0 bridgehead atoms. The standard InChI is InChI=1S/C14H17N3O3S2/c1-7(2)22(15)6-10(14(19)20)17-13(22)12-16-9-4-3-8(18)5-11(9)21-12/h3-5,7,10,18H,6,15H2,1-2H3,(H,19,20)/t10-/m1/s1. The molecule has 2 heterocycles. The first-order chi connectivity index (χ1) is 10.3. The van der Waals surface area contributed by atoms with Gasteiger partial charge in [0.1, 0.15) is 15.8 Å². The molecule has 0 spiro atoms. The van der Waals surface area contributed by atoms with Crippen molar-refractivity contribution in [3.05, 3.63) is 23.2 Å². The number of benzene rings is 1. The summed E-state index contributed by atoms with van der Waals surface area (Å²) in [5.74, 6) is -0.414. The third-order valence-electron chi connectivity index (χ3n) is 3.75. The minimum absolute atomic E-state index is 0.121. The van der Waals surface area contributed by atoms with Crippen LogP contribution in [0.3, 0.4) is 0 Å². The van der Waals surface area contributed by atoms with E-state index >= 15 is 0 Å². The molecule has 118 valence electrons. The van der Waals surface area contributed by atoms with Crippen molar-refractivity contribution in [3.8, 4) is 5.75 Å². The summed E-state index contributed by atoms with van der Waals surface area (Å²) >= 11 is 1.39. The van der Waals surface area contributed by atoms with Crippen molar-refractivity contribution in [1.29, 1.82) is 0 Å². The molecule has 0 radical (unpaired) electrons. The van der Waals surface area contributed by atoms with Crippen molar-refractivity contribution < 1.29 is 15.0 Å². The Morgan fingerprint density at radius 1 is 1.50 bits per heavy atom. The monoisotopic (exact) mass is 339 g/mol. The van der Waals surface area contributed by atoms with Crippen LogP contribution in [-0.2, 0) is 4.79 Å². The van der Waals surface area contributed by atoms with Crippen molar-refractivity contribution in [2.45, 2.75) is 25.1 Å². The summed E-state index contributed by atoms with van der Waals surface area (Å²) in [6.07, 6.45) is 0. The van der Waals surface area contributed by atoms with E-state index in [-0.39, 0.29) is 11.0 Å². The summed E-state index contributed by atoms with van der Waals surface area (Å²) in [5, 5.41) is 26.8. The third-order valence-corrected chi connectivity index (χ3v) is 8.47. The van der Waals surface area contributed by atoms with Crippen molar-refractivity contribution in [3.63, 3.8) is 0 Å². The summed E-state index contributed by atoms with van der Waals surface area (Å²) < 4.78 is 0.835. The molecule has 6 nitrogen and oxygen atoms in total. The lowest BCUT2D eigenvalue weighted by Crippen LogP contribution is -2.31. The summed E-state index contributed by atoms with van der Waals surface area (Å²) in [4.78, 5) is 20.2. The molecule has 4 N–H and O–H groups in total. The number of phenols is 1. The Morgan fingerprint density at radius 2 is 2.23 bits per heavy atom. The zero-order chi connectivity index (χ0) is 16.1. The van der Waals surface area contributed by atoms with Gasteiger partial charge < -0.3 is 10.2 Å². The molecule has 0 saturated heterocycles. The summed E-state index contributed by atoms with van der Waals surface area (Å²) in [6.45, 7) is 3.99. The predicted molar refractivity (Wildman–Crippen MR) is 91.0 cm³/mol. The van der Waals surface area contributed by atoms with Crippen molar-refractivity contribution >= 4 is 42.8 Å². The van der Waals surface area contributed by atoms with Gasteiger partial charge in [0.05, 0.1) is 10.2 Å². The van der Waals surface area contributed by atoms with Gasteiger partial charge in [-0.3, -0.25) is 10.1 Å². The van der Waals surface area contributed by atoms with Gasteiger partial charge in [0.25, 0.3) is 0 Å². The second-order valence-electron chi connectivity index (χ2n) is 5.52. The van der Waals surface area contributed by atoms with Gasteiger partial charge in [-0.25, -0.2) is 9.78 Å². The third kappa shape index (κ3) is 2.37. The number of aromatic hydroxyl groups is 1. The number of nitrogens with zero attached hydrogens (tertiary/aromatic N) is 2. The summed E-state index contributed by atoms with van der Waals surface area (Å²) in [7, 11) is -1.81. The Morgan fingerprint density at radius 3 is 2.86 bits per heavy atom. The smallest absolute Gasteiger partial charge is 0.329 e. The van der Waals surface area contributed by atoms with Crippen LogP contribution in [-0.4, -0.2) is 43.3 Å². The maximum Gasteiger partial charge on any atom is 0.329 e. The Bertz CT molecular complexity index is 787. The van der Waals surface area contributed by atoms with Crippen LogP contribution in [0.4, 0.5) is 0 Å². The molecule has 0 saturated carbocycles. The Kier molecular flexibility index (Phi) is 3.62. The quantitative estimate of drug-likeness (QED) is 0.795. The average Bonchev–Trinajstić information content (AvgIpc) is 2.99. The normalized spacial score (nSPS) is 27.8. The lowest BCUT2D eigenvalue weighted by Gasteiger charge is -2.35. The maximum atomic E-state index is 11.3. The number of rotatable bonds is 3. The molecule has 1 aliphatic heterocycles. The van der Waals surface area contributed by atoms with Gasteiger partial charge in [-0.1, -0.05) is 13.8 Å². The van der Waals surface area contributed by atoms with Gasteiger partial charge in [0.2, 0.25) is 0 Å². The van der Waals surface area contributed by atoms with E-state index in [0.717, 1.165) is 10.2 Å². The van der Waals surface area contributed by atoms with Gasteiger partial charge in [-0.2, -0.15) is 0 Å². The number of nitrogens with two attached hydrogens (primary N) is 1. The number of carboxylic acids is 1. The van der Waals surface area contributed by atoms with Gasteiger partial charge >= 0.3 is 5.97 Å². The number of carbonyl (C=O) groups is 1. The molecular weight excluding hydrogens is 322 g/mol. The summed E-state index contributed by atoms with van der Waals surface area (Å²) in [5.41, 5.74) is 0.754. The highest BCUT2D eigenvalue weighted by atomic mass is 32.3. The molecule has 22 heavy (non-hydrogen) atoms. The number of aliphatic carboxylic acids is 1. The first-order valence-electron chi connectivity index (χ1n) is 6.79. The van der Waals surface area contributed by atoms with Crippen LogP contribution in [0.2, 0.25) is 0 Å². The molecule has 0 amide bonds. The Balaban J connectivity index is 2.12. The number of fused-ring (bicyclic) bond motifs is 1. The number of thiazole rings is 1. The Labute approximate surface area is 133 Å². The zero-order valence-electron chi connectivity index (χ0n) is 12.2. The van der Waals surface area contributed by atoms with Crippen LogP contribution in [0, 0.1) is 0 Å². The largest absolute Gasteiger partial charge is 0.508 e. The molecule has 2 atom stereocenters. The van der Waals surface area contributed by atoms with Crippen molar-refractivity contribution in [2.24, 2.45) is 10.1 Å². The SMILES string of the molecule is CC(C)S1(N)C[C@H](C(=O)O)N=C1c1nc2ccc(O)cc2s1. The fourth-order valence-electron chi connectivity index (χ4n) is 2.38. The van der Waals surface area contributed by atoms with E-state index in [2.05, 4.69) is 9.98 Å². The van der Waals surface area contributed by atoms with Gasteiger partial charge in [-0.05, 0) is 18.2 Å². The first-order valence-corrected chi connectivity index (χ1v) is 9.54. The lowest BCUT2D eigenvalue weighted by atomic mass is 10.3. The molecule has 1 aromatic carbocycles. The number of aliphatic imine (C=N–C) groups is 1. The van der Waals surface area contributed by atoms with E-state index in [0.29, 0.717) is 15.8 Å². The summed E-state index contributed by atoms with van der Waals surface area (Å²) in [6, 6.07) is 4.16. The van der Waals surface area contributed by atoms with Gasteiger partial charge in [0.15, 0.2) is 6.04 Å². The lowest BCUT2D eigenvalue weighted by molar-refractivity contribution is -0.137. The van der Waals surface area contributed by atoms with E-state index in [9.17, 15) is 15.0 Å². The van der Waals surface area contributed by atoms with Crippen LogP contribution in [0.1, 0.15) is 18.9 Å². The fraction of sp³-hybridized carbons (Fsp3) is 0.357. The minimum atomic E-state index is -1.81. The van der Waals surface area contributed by atoms with Crippen molar-refractivity contribution in [2.75, 3.05) is 5.75 Å². The molecular formula is C14H17N3O3S2. The van der Waals surface area contributed by atoms with E-state index in [1.807, 2.05) is 13.8 Å². The number of hydrogen-bond donors (Lipinski definition) is 3. The highest BCUT2D eigenvalue weighted by molar-refractivity contribution is 8.44. The van der Waals surface area contributed by atoms with Crippen LogP contribution < -0.4 is 5.14 Å². The molecule has 3 rings (SSSR count). The van der Waals surface area contributed by atoms with Crippen LogP contribution >= 0.6 is 21.6 Å². The van der Waals surface area contributed by atoms with E-state index < -0.39 is 22.2 Å².